The van der Waals surface area contributed by atoms with Crippen molar-refractivity contribution in [3.63, 3.8) is 0 Å². The number of nitrogen functional groups attached to an aromatic ring is 1. The zero-order chi connectivity index (χ0) is 16.1. The number of nitrogens with two attached hydrogens (primary N) is 1. The van der Waals surface area contributed by atoms with Crippen LogP contribution >= 0.6 is 0 Å². The van der Waals surface area contributed by atoms with Crippen LogP contribution in [0, 0.1) is 0 Å². The Hall–Kier alpha value is -2.24. The van der Waals surface area contributed by atoms with Crippen molar-refractivity contribution in [2.45, 2.75) is 32.8 Å². The minimum atomic E-state index is -0.429. The Morgan fingerprint density at radius 1 is 1.27 bits per heavy atom. The molecule has 1 heterocycles. The summed E-state index contributed by atoms with van der Waals surface area (Å²) in [6.07, 6.45) is 1.89. The van der Waals surface area contributed by atoms with Crippen molar-refractivity contribution in [3.8, 4) is 5.75 Å². The van der Waals surface area contributed by atoms with Crippen LogP contribution in [0.1, 0.15) is 37.0 Å². The molecule has 0 unspecified atom stereocenters. The van der Waals surface area contributed by atoms with Crippen LogP contribution in [0.25, 0.3) is 0 Å². The topological polar surface area (TPSA) is 81.9 Å². The molecule has 1 aromatic rings. The van der Waals surface area contributed by atoms with Gasteiger partial charge in [0.15, 0.2) is 6.61 Å². The van der Waals surface area contributed by atoms with E-state index in [0.717, 1.165) is 25.9 Å². The molecule has 1 fully saturated rings. The second kappa shape index (κ2) is 7.15. The predicted molar refractivity (Wildman–Crippen MR) is 82.7 cm³/mol. The third-order valence-electron chi connectivity index (χ3n) is 3.40. The molecule has 120 valence electrons. The summed E-state index contributed by atoms with van der Waals surface area (Å²) >= 11 is 0. The van der Waals surface area contributed by atoms with E-state index in [1.165, 1.54) is 6.07 Å². The molecule has 2 rings (SSSR count). The van der Waals surface area contributed by atoms with Crippen molar-refractivity contribution in [2.75, 3.05) is 25.4 Å². The van der Waals surface area contributed by atoms with Crippen molar-refractivity contribution < 1.29 is 19.1 Å². The molecule has 1 aliphatic rings. The van der Waals surface area contributed by atoms with Crippen molar-refractivity contribution in [3.05, 3.63) is 23.8 Å². The number of esters is 1. The number of likely N-dealkylation sites (tertiary alicyclic amines) is 1. The van der Waals surface area contributed by atoms with E-state index < -0.39 is 5.97 Å². The van der Waals surface area contributed by atoms with Gasteiger partial charge in [0.1, 0.15) is 5.75 Å². The van der Waals surface area contributed by atoms with Crippen LogP contribution < -0.4 is 10.5 Å². The molecule has 0 saturated carbocycles. The van der Waals surface area contributed by atoms with Gasteiger partial charge in [0.25, 0.3) is 5.91 Å². The third-order valence-corrected chi connectivity index (χ3v) is 3.40. The third kappa shape index (κ3) is 4.13. The molecule has 0 spiro atoms. The van der Waals surface area contributed by atoms with Crippen LogP contribution in [-0.2, 0) is 9.53 Å². The number of carbonyl (C=O) groups excluding carboxylic acids is 2. The lowest BCUT2D eigenvalue weighted by atomic mass is 10.2. The Balaban J connectivity index is 1.94. The van der Waals surface area contributed by atoms with Gasteiger partial charge in [-0.05, 0) is 44.9 Å². The van der Waals surface area contributed by atoms with E-state index in [-0.39, 0.29) is 18.6 Å². The first kappa shape index (κ1) is 16.1. The van der Waals surface area contributed by atoms with Gasteiger partial charge in [0.2, 0.25) is 0 Å². The molecule has 0 radical (unpaired) electrons. The quantitative estimate of drug-likeness (QED) is 0.663. The van der Waals surface area contributed by atoms with E-state index in [4.69, 9.17) is 15.2 Å². The molecule has 0 aromatic heterocycles. The van der Waals surface area contributed by atoms with Gasteiger partial charge in [-0.15, -0.1) is 0 Å². The Bertz CT molecular complexity index is 551. The molecule has 0 aliphatic carbocycles. The zero-order valence-electron chi connectivity index (χ0n) is 13.0. The lowest BCUT2D eigenvalue weighted by Crippen LogP contribution is -2.32. The van der Waals surface area contributed by atoms with Crippen LogP contribution in [0.4, 0.5) is 5.69 Å². The Morgan fingerprint density at radius 2 is 1.95 bits per heavy atom. The minimum Gasteiger partial charge on any atom is -0.482 e. The second-order valence-corrected chi connectivity index (χ2v) is 5.58. The molecule has 6 nitrogen and oxygen atoms in total. The molecule has 22 heavy (non-hydrogen) atoms. The summed E-state index contributed by atoms with van der Waals surface area (Å²) in [4.78, 5) is 25.5. The van der Waals surface area contributed by atoms with Crippen molar-refractivity contribution in [1.29, 1.82) is 0 Å². The molecule has 6 heteroatoms. The van der Waals surface area contributed by atoms with E-state index in [1.807, 2.05) is 0 Å². The van der Waals surface area contributed by atoms with Gasteiger partial charge in [0.05, 0.1) is 17.4 Å². The molecular formula is C16H22N2O4. The first-order valence-electron chi connectivity index (χ1n) is 7.48. The lowest BCUT2D eigenvalue weighted by molar-refractivity contribution is -0.132. The van der Waals surface area contributed by atoms with Gasteiger partial charge in [-0.1, -0.05) is 0 Å². The van der Waals surface area contributed by atoms with Crippen molar-refractivity contribution in [2.24, 2.45) is 0 Å². The summed E-state index contributed by atoms with van der Waals surface area (Å²) in [5, 5.41) is 0. The van der Waals surface area contributed by atoms with Gasteiger partial charge >= 0.3 is 5.97 Å². The SMILES string of the molecule is CC(C)OC(=O)c1ccc(OCC(=O)N2CCCC2)c(N)c1. The zero-order valence-corrected chi connectivity index (χ0v) is 13.0. The first-order valence-corrected chi connectivity index (χ1v) is 7.48. The normalized spacial score (nSPS) is 14.2. The molecule has 1 saturated heterocycles. The fourth-order valence-corrected chi connectivity index (χ4v) is 2.29. The summed E-state index contributed by atoms with van der Waals surface area (Å²) in [6.45, 7) is 5.10. The lowest BCUT2D eigenvalue weighted by Gasteiger charge is -2.16. The molecule has 0 atom stereocenters. The van der Waals surface area contributed by atoms with Crippen LogP contribution in [0.2, 0.25) is 0 Å². The van der Waals surface area contributed by atoms with E-state index in [0.29, 0.717) is 17.0 Å². The largest absolute Gasteiger partial charge is 0.482 e. The Kier molecular flexibility index (Phi) is 5.25. The highest BCUT2D eigenvalue weighted by Crippen LogP contribution is 2.23. The number of rotatable bonds is 5. The highest BCUT2D eigenvalue weighted by molar-refractivity contribution is 5.91. The number of hydrogen-bond donors (Lipinski definition) is 1. The maximum atomic E-state index is 11.9. The number of benzene rings is 1. The summed E-state index contributed by atoms with van der Waals surface area (Å²) in [5.41, 5.74) is 6.55. The highest BCUT2D eigenvalue weighted by atomic mass is 16.5. The standard InChI is InChI=1S/C16H22N2O4/c1-11(2)22-16(20)12-5-6-14(13(17)9-12)21-10-15(19)18-7-3-4-8-18/h5-6,9,11H,3-4,7-8,10,17H2,1-2H3. The summed E-state index contributed by atoms with van der Waals surface area (Å²) in [7, 11) is 0. The van der Waals surface area contributed by atoms with E-state index in [9.17, 15) is 9.59 Å². The highest BCUT2D eigenvalue weighted by Gasteiger charge is 2.19. The number of nitrogens with zero attached hydrogens (tertiary/aromatic N) is 1. The number of anilines is 1. The van der Waals surface area contributed by atoms with Gasteiger partial charge in [-0.3, -0.25) is 4.79 Å². The van der Waals surface area contributed by atoms with Gasteiger partial charge in [-0.25, -0.2) is 4.79 Å². The maximum Gasteiger partial charge on any atom is 0.338 e. The number of amides is 1. The van der Waals surface area contributed by atoms with Crippen molar-refractivity contribution in [1.82, 2.24) is 4.90 Å². The first-order chi connectivity index (χ1) is 10.5. The van der Waals surface area contributed by atoms with Crippen LogP contribution in [0.5, 0.6) is 5.75 Å². The average molecular weight is 306 g/mol. The molecule has 2 N–H and O–H groups in total. The summed E-state index contributed by atoms with van der Waals surface area (Å²) in [5.74, 6) is -0.0739. The van der Waals surface area contributed by atoms with Crippen LogP contribution in [0.3, 0.4) is 0 Å². The van der Waals surface area contributed by atoms with E-state index >= 15 is 0 Å². The van der Waals surface area contributed by atoms with E-state index in [2.05, 4.69) is 0 Å². The van der Waals surface area contributed by atoms with Crippen LogP contribution in [0.15, 0.2) is 18.2 Å². The van der Waals surface area contributed by atoms with E-state index in [1.54, 1.807) is 30.9 Å². The van der Waals surface area contributed by atoms with Gasteiger partial charge in [-0.2, -0.15) is 0 Å². The molecule has 1 aromatic carbocycles. The fraction of sp³-hybridized carbons (Fsp3) is 0.500. The van der Waals surface area contributed by atoms with Gasteiger partial charge < -0.3 is 20.1 Å². The molecule has 1 amide bonds. The van der Waals surface area contributed by atoms with Crippen LogP contribution in [-0.4, -0.2) is 42.6 Å². The number of ether oxygens (including phenoxy) is 2. The number of hydrogen-bond acceptors (Lipinski definition) is 5. The predicted octanol–water partition coefficient (Wildman–Crippen LogP) is 1.84. The number of carbonyl (C=O) groups is 2. The summed E-state index contributed by atoms with van der Waals surface area (Å²) in [6, 6.07) is 4.67. The molecule has 1 aliphatic heterocycles. The maximum absolute atomic E-state index is 11.9. The Labute approximate surface area is 130 Å². The molecule has 0 bridgehead atoms. The van der Waals surface area contributed by atoms with Crippen molar-refractivity contribution >= 4 is 17.6 Å². The fourth-order valence-electron chi connectivity index (χ4n) is 2.29. The molecular weight excluding hydrogens is 284 g/mol. The second-order valence-electron chi connectivity index (χ2n) is 5.58. The minimum absolute atomic E-state index is 0.0415. The van der Waals surface area contributed by atoms with Gasteiger partial charge in [0, 0.05) is 13.1 Å². The average Bonchev–Trinajstić information content (AvgIpc) is 2.99. The monoisotopic (exact) mass is 306 g/mol. The summed E-state index contributed by atoms with van der Waals surface area (Å²) < 4.78 is 10.6. The smallest absolute Gasteiger partial charge is 0.338 e. The Morgan fingerprint density at radius 3 is 2.55 bits per heavy atom.